The molecular weight excluding hydrogens is 311 g/mol. The van der Waals surface area contributed by atoms with Crippen LogP contribution in [-0.2, 0) is 12.6 Å². The first-order valence-electron chi connectivity index (χ1n) is 6.79. The lowest BCUT2D eigenvalue weighted by Crippen LogP contribution is -2.24. The summed E-state index contributed by atoms with van der Waals surface area (Å²) in [6.45, 7) is 0.335. The standard InChI is InChI=1S/C15H16F3N3O2/c1-21(8-7-10-5-3-4-6-11(10)22)14-19-12(15(16,17)18)9-13(20-14)23-2/h3-6,9,22H,7-8H2,1-2H3. The molecule has 0 fully saturated rings. The van der Waals surface area contributed by atoms with Crippen molar-refractivity contribution in [2.45, 2.75) is 12.6 Å². The van der Waals surface area contributed by atoms with Gasteiger partial charge in [-0.05, 0) is 18.1 Å². The van der Waals surface area contributed by atoms with Crippen LogP contribution < -0.4 is 9.64 Å². The van der Waals surface area contributed by atoms with Gasteiger partial charge < -0.3 is 14.7 Å². The Bertz CT molecular complexity index is 677. The van der Waals surface area contributed by atoms with Crippen LogP contribution in [0.25, 0.3) is 0 Å². The molecule has 0 saturated carbocycles. The van der Waals surface area contributed by atoms with Crippen LogP contribution in [0.2, 0.25) is 0 Å². The van der Waals surface area contributed by atoms with E-state index in [0.717, 1.165) is 6.07 Å². The van der Waals surface area contributed by atoms with Gasteiger partial charge in [-0.1, -0.05) is 18.2 Å². The van der Waals surface area contributed by atoms with E-state index in [-0.39, 0.29) is 17.6 Å². The van der Waals surface area contributed by atoms with Gasteiger partial charge in [0.15, 0.2) is 5.69 Å². The predicted molar refractivity (Wildman–Crippen MR) is 78.7 cm³/mol. The molecule has 0 aliphatic carbocycles. The number of anilines is 1. The number of methoxy groups -OCH3 is 1. The third kappa shape index (κ3) is 4.24. The van der Waals surface area contributed by atoms with Crippen molar-refractivity contribution in [3.8, 4) is 11.6 Å². The Morgan fingerprint density at radius 3 is 2.52 bits per heavy atom. The van der Waals surface area contributed by atoms with Gasteiger partial charge in [0.2, 0.25) is 11.8 Å². The fourth-order valence-electron chi connectivity index (χ4n) is 1.94. The second-order valence-corrected chi connectivity index (χ2v) is 4.89. The third-order valence-electron chi connectivity index (χ3n) is 3.24. The molecule has 2 aromatic rings. The molecule has 124 valence electrons. The van der Waals surface area contributed by atoms with Crippen LogP contribution in [-0.4, -0.2) is 35.8 Å². The zero-order valence-corrected chi connectivity index (χ0v) is 12.6. The average molecular weight is 327 g/mol. The van der Waals surface area contributed by atoms with Crippen molar-refractivity contribution in [3.05, 3.63) is 41.6 Å². The van der Waals surface area contributed by atoms with E-state index >= 15 is 0 Å². The molecule has 0 bridgehead atoms. The molecule has 0 aliphatic heterocycles. The Hall–Kier alpha value is -2.51. The van der Waals surface area contributed by atoms with E-state index < -0.39 is 11.9 Å². The zero-order valence-electron chi connectivity index (χ0n) is 12.6. The number of phenols is 1. The van der Waals surface area contributed by atoms with Crippen molar-refractivity contribution in [2.24, 2.45) is 0 Å². The molecule has 0 aliphatic rings. The lowest BCUT2D eigenvalue weighted by Gasteiger charge is -2.19. The van der Waals surface area contributed by atoms with Gasteiger partial charge >= 0.3 is 6.18 Å². The number of hydrogen-bond acceptors (Lipinski definition) is 5. The number of para-hydroxylation sites is 1. The molecule has 5 nitrogen and oxygen atoms in total. The maximum absolute atomic E-state index is 12.9. The van der Waals surface area contributed by atoms with Crippen molar-refractivity contribution < 1.29 is 23.0 Å². The number of aromatic hydroxyl groups is 1. The minimum atomic E-state index is -4.58. The number of halogens is 3. The van der Waals surface area contributed by atoms with Gasteiger partial charge in [0, 0.05) is 19.7 Å². The molecule has 0 unspecified atom stereocenters. The van der Waals surface area contributed by atoms with E-state index in [1.807, 2.05) is 0 Å². The van der Waals surface area contributed by atoms with E-state index in [9.17, 15) is 18.3 Å². The van der Waals surface area contributed by atoms with Crippen LogP contribution in [0.3, 0.4) is 0 Å². The van der Waals surface area contributed by atoms with Crippen molar-refractivity contribution in [1.82, 2.24) is 9.97 Å². The SMILES string of the molecule is COc1cc(C(F)(F)F)nc(N(C)CCc2ccccc2O)n1. The van der Waals surface area contributed by atoms with Gasteiger partial charge in [-0.3, -0.25) is 0 Å². The second-order valence-electron chi connectivity index (χ2n) is 4.89. The van der Waals surface area contributed by atoms with Gasteiger partial charge in [0.25, 0.3) is 0 Å². The molecule has 23 heavy (non-hydrogen) atoms. The lowest BCUT2D eigenvalue weighted by atomic mass is 10.1. The zero-order chi connectivity index (χ0) is 17.0. The van der Waals surface area contributed by atoms with Crippen molar-refractivity contribution in [3.63, 3.8) is 0 Å². The van der Waals surface area contributed by atoms with E-state index in [0.29, 0.717) is 18.5 Å². The Balaban J connectivity index is 2.18. The summed E-state index contributed by atoms with van der Waals surface area (Å²) in [7, 11) is 2.82. The monoisotopic (exact) mass is 327 g/mol. The largest absolute Gasteiger partial charge is 0.508 e. The maximum Gasteiger partial charge on any atom is 0.433 e. The van der Waals surface area contributed by atoms with Gasteiger partial charge in [-0.2, -0.15) is 18.2 Å². The van der Waals surface area contributed by atoms with Gasteiger partial charge in [0.1, 0.15) is 5.75 Å². The van der Waals surface area contributed by atoms with Crippen LogP contribution in [0.15, 0.2) is 30.3 Å². The van der Waals surface area contributed by atoms with Gasteiger partial charge in [-0.25, -0.2) is 4.98 Å². The molecule has 0 saturated heterocycles. The molecule has 0 amide bonds. The van der Waals surface area contributed by atoms with Crippen LogP contribution in [0.4, 0.5) is 19.1 Å². The third-order valence-corrected chi connectivity index (χ3v) is 3.24. The first kappa shape index (κ1) is 16.9. The molecular formula is C15H16F3N3O2. The highest BCUT2D eigenvalue weighted by Crippen LogP contribution is 2.30. The molecule has 0 radical (unpaired) electrons. The smallest absolute Gasteiger partial charge is 0.433 e. The Labute approximate surface area is 131 Å². The first-order chi connectivity index (χ1) is 10.8. The quantitative estimate of drug-likeness (QED) is 0.915. The predicted octanol–water partition coefficient (Wildman–Crippen LogP) is 2.89. The van der Waals surface area contributed by atoms with Crippen LogP contribution >= 0.6 is 0 Å². The van der Waals surface area contributed by atoms with E-state index in [4.69, 9.17) is 4.74 Å². The van der Waals surface area contributed by atoms with Gasteiger partial charge in [0.05, 0.1) is 7.11 Å². The number of hydrogen-bond donors (Lipinski definition) is 1. The number of benzene rings is 1. The molecule has 2 rings (SSSR count). The molecule has 1 aromatic heterocycles. The number of likely N-dealkylation sites (N-methyl/N-ethyl adjacent to an activating group) is 1. The summed E-state index contributed by atoms with van der Waals surface area (Å²) in [5.74, 6) is -0.104. The summed E-state index contributed by atoms with van der Waals surface area (Å²) in [5.41, 5.74) is -0.368. The molecule has 1 N–H and O–H groups in total. The minimum Gasteiger partial charge on any atom is -0.508 e. The number of phenolic OH excluding ortho intramolecular Hbond substituents is 1. The first-order valence-corrected chi connectivity index (χ1v) is 6.79. The molecule has 0 spiro atoms. The topological polar surface area (TPSA) is 58.5 Å². The van der Waals surface area contributed by atoms with Crippen molar-refractivity contribution in [1.29, 1.82) is 0 Å². The van der Waals surface area contributed by atoms with Crippen molar-refractivity contribution >= 4 is 5.95 Å². The van der Waals surface area contributed by atoms with E-state index in [1.54, 1.807) is 31.3 Å². The van der Waals surface area contributed by atoms with Crippen LogP contribution in [0.1, 0.15) is 11.3 Å². The highest BCUT2D eigenvalue weighted by atomic mass is 19.4. The Kier molecular flexibility index (Phi) is 4.92. The average Bonchev–Trinajstić information content (AvgIpc) is 2.52. The highest BCUT2D eigenvalue weighted by molar-refractivity contribution is 5.36. The maximum atomic E-state index is 12.9. The fourth-order valence-corrected chi connectivity index (χ4v) is 1.94. The fraction of sp³-hybridized carbons (Fsp3) is 0.333. The molecule has 1 aromatic carbocycles. The van der Waals surface area contributed by atoms with Crippen LogP contribution in [0.5, 0.6) is 11.6 Å². The molecule has 0 atom stereocenters. The lowest BCUT2D eigenvalue weighted by molar-refractivity contribution is -0.141. The number of alkyl halides is 3. The number of aromatic nitrogens is 2. The molecule has 8 heteroatoms. The summed E-state index contributed by atoms with van der Waals surface area (Å²) >= 11 is 0. The van der Waals surface area contributed by atoms with Crippen molar-refractivity contribution in [2.75, 3.05) is 25.6 Å². The van der Waals surface area contributed by atoms with E-state index in [2.05, 4.69) is 9.97 Å². The molecule has 1 heterocycles. The summed E-state index contributed by atoms with van der Waals surface area (Å²) in [6.07, 6.45) is -4.14. The Morgan fingerprint density at radius 1 is 1.22 bits per heavy atom. The van der Waals surface area contributed by atoms with Gasteiger partial charge in [-0.15, -0.1) is 0 Å². The number of nitrogens with zero attached hydrogens (tertiary/aromatic N) is 3. The minimum absolute atomic E-state index is 0.0907. The normalized spacial score (nSPS) is 11.3. The Morgan fingerprint density at radius 2 is 1.91 bits per heavy atom. The summed E-state index contributed by atoms with van der Waals surface area (Å²) < 4.78 is 43.4. The van der Waals surface area contributed by atoms with Crippen LogP contribution in [0, 0.1) is 0 Å². The highest BCUT2D eigenvalue weighted by Gasteiger charge is 2.34. The summed E-state index contributed by atoms with van der Waals surface area (Å²) in [4.78, 5) is 8.94. The number of rotatable bonds is 5. The second kappa shape index (κ2) is 6.72. The number of ether oxygens (including phenoxy) is 1. The van der Waals surface area contributed by atoms with E-state index in [1.165, 1.54) is 12.0 Å². The summed E-state index contributed by atoms with van der Waals surface area (Å²) in [6, 6.07) is 7.53. The summed E-state index contributed by atoms with van der Waals surface area (Å²) in [5, 5.41) is 9.71.